The van der Waals surface area contributed by atoms with Crippen LogP contribution < -0.4 is 15.4 Å². The predicted molar refractivity (Wildman–Crippen MR) is 138 cm³/mol. The molecule has 1 aromatic heterocycles. The second-order valence-electron chi connectivity index (χ2n) is 9.19. The van der Waals surface area contributed by atoms with E-state index in [1.807, 2.05) is 49.8 Å². The fraction of sp³-hybridized carbons (Fsp3) is 0.346. The van der Waals surface area contributed by atoms with Gasteiger partial charge in [0.1, 0.15) is 5.75 Å². The average molecular weight is 482 g/mol. The molecule has 0 saturated carbocycles. The van der Waals surface area contributed by atoms with Gasteiger partial charge >= 0.3 is 0 Å². The summed E-state index contributed by atoms with van der Waals surface area (Å²) < 4.78 is 7.26. The summed E-state index contributed by atoms with van der Waals surface area (Å²) >= 11 is 6.19. The number of aliphatic imine (C=N–C) groups is 1. The zero-order valence-electron chi connectivity index (χ0n) is 20.8. The number of anilines is 1. The molecular formula is C26H32ClN5O2. The number of ether oxygens (including phenoxy) is 1. The molecule has 1 amide bonds. The number of halogens is 1. The van der Waals surface area contributed by atoms with Gasteiger partial charge in [0.05, 0.1) is 25.0 Å². The zero-order valence-corrected chi connectivity index (χ0v) is 21.5. The van der Waals surface area contributed by atoms with Crippen molar-refractivity contribution in [3.8, 4) is 5.75 Å². The molecule has 0 atom stereocenters. The SMILES string of the molecule is COc1ccc(Cl)cc1NC(=NCc1c(C)nn(C)c1C)NC(=O)c1ccc(C(C)(C)C)cc1. The summed E-state index contributed by atoms with van der Waals surface area (Å²) in [5.41, 5.74) is 5.21. The van der Waals surface area contributed by atoms with E-state index in [-0.39, 0.29) is 17.3 Å². The normalized spacial score (nSPS) is 11.9. The molecule has 0 fully saturated rings. The van der Waals surface area contributed by atoms with Crippen LogP contribution in [0.3, 0.4) is 0 Å². The molecule has 0 unspecified atom stereocenters. The summed E-state index contributed by atoms with van der Waals surface area (Å²) in [5, 5.41) is 11.1. The van der Waals surface area contributed by atoms with Crippen LogP contribution >= 0.6 is 11.6 Å². The third-order valence-corrected chi connectivity index (χ3v) is 5.95. The van der Waals surface area contributed by atoms with Crippen LogP contribution in [0.1, 0.15) is 53.6 Å². The Kier molecular flexibility index (Phi) is 7.67. The van der Waals surface area contributed by atoms with Crippen molar-refractivity contribution in [3.05, 3.63) is 75.6 Å². The number of carbonyl (C=O) groups is 1. The van der Waals surface area contributed by atoms with Gasteiger partial charge in [-0.1, -0.05) is 44.5 Å². The number of hydrogen-bond donors (Lipinski definition) is 2. The summed E-state index contributed by atoms with van der Waals surface area (Å²) in [6.45, 7) is 10.7. The Morgan fingerprint density at radius 2 is 1.82 bits per heavy atom. The lowest BCUT2D eigenvalue weighted by atomic mass is 9.87. The van der Waals surface area contributed by atoms with Crippen molar-refractivity contribution in [2.45, 2.75) is 46.6 Å². The first-order valence-electron chi connectivity index (χ1n) is 11.1. The lowest BCUT2D eigenvalue weighted by Crippen LogP contribution is -2.36. The largest absolute Gasteiger partial charge is 0.495 e. The maximum absolute atomic E-state index is 13.1. The molecule has 1 heterocycles. The number of aromatic nitrogens is 2. The third kappa shape index (κ3) is 5.97. The van der Waals surface area contributed by atoms with Crippen LogP contribution in [0.2, 0.25) is 5.02 Å². The van der Waals surface area contributed by atoms with E-state index in [2.05, 4.69) is 41.5 Å². The van der Waals surface area contributed by atoms with Gasteiger partial charge in [0, 0.05) is 28.9 Å². The minimum atomic E-state index is -0.271. The molecule has 180 valence electrons. The van der Waals surface area contributed by atoms with E-state index in [9.17, 15) is 4.79 Å². The fourth-order valence-electron chi connectivity index (χ4n) is 3.52. The van der Waals surface area contributed by atoms with E-state index < -0.39 is 0 Å². The number of amides is 1. The van der Waals surface area contributed by atoms with E-state index in [1.165, 1.54) is 0 Å². The number of aryl methyl sites for hydroxylation is 2. The highest BCUT2D eigenvalue weighted by Crippen LogP contribution is 2.28. The summed E-state index contributed by atoms with van der Waals surface area (Å²) in [5.74, 6) is 0.593. The number of rotatable bonds is 5. The third-order valence-electron chi connectivity index (χ3n) is 5.71. The number of hydrogen-bond acceptors (Lipinski definition) is 4. The topological polar surface area (TPSA) is 80.5 Å². The summed E-state index contributed by atoms with van der Waals surface area (Å²) in [7, 11) is 3.47. The Hall–Kier alpha value is -3.32. The molecule has 3 rings (SSSR count). The lowest BCUT2D eigenvalue weighted by molar-refractivity contribution is 0.0977. The molecule has 0 radical (unpaired) electrons. The van der Waals surface area contributed by atoms with Gasteiger partial charge in [-0.3, -0.25) is 14.8 Å². The van der Waals surface area contributed by atoms with Crippen molar-refractivity contribution >= 4 is 29.2 Å². The summed E-state index contributed by atoms with van der Waals surface area (Å²) in [6.07, 6.45) is 0. The standard InChI is InChI=1S/C26H32ClN5O2/c1-16-21(17(2)32(6)31-16)15-28-25(29-22-14-20(27)12-13-23(22)34-7)30-24(33)18-8-10-19(11-9-18)26(3,4)5/h8-14H,15H2,1-7H3,(H2,28,29,30,33). The summed E-state index contributed by atoms with van der Waals surface area (Å²) in [6, 6.07) is 12.8. The first kappa shape index (κ1) is 25.3. The number of guanidine groups is 1. The van der Waals surface area contributed by atoms with Gasteiger partial charge in [0.25, 0.3) is 5.91 Å². The lowest BCUT2D eigenvalue weighted by Gasteiger charge is -2.19. The minimum absolute atomic E-state index is 0.00570. The molecule has 2 N–H and O–H groups in total. The monoisotopic (exact) mass is 481 g/mol. The van der Waals surface area contributed by atoms with E-state index in [0.717, 1.165) is 22.5 Å². The zero-order chi connectivity index (χ0) is 25.0. The highest BCUT2D eigenvalue weighted by atomic mass is 35.5. The summed E-state index contributed by atoms with van der Waals surface area (Å²) in [4.78, 5) is 17.7. The molecule has 3 aromatic rings. The predicted octanol–water partition coefficient (Wildman–Crippen LogP) is 5.39. The Morgan fingerprint density at radius 1 is 1.15 bits per heavy atom. The number of nitrogens with one attached hydrogen (secondary N) is 2. The second kappa shape index (κ2) is 10.3. The van der Waals surface area contributed by atoms with Crippen molar-refractivity contribution < 1.29 is 9.53 Å². The smallest absolute Gasteiger partial charge is 0.257 e. The van der Waals surface area contributed by atoms with Crippen LogP contribution in [0.25, 0.3) is 0 Å². The molecule has 0 aliphatic rings. The molecule has 8 heteroatoms. The van der Waals surface area contributed by atoms with Crippen LogP contribution in [-0.2, 0) is 19.0 Å². The molecule has 0 aliphatic carbocycles. The number of benzene rings is 2. The minimum Gasteiger partial charge on any atom is -0.495 e. The first-order valence-corrected chi connectivity index (χ1v) is 11.4. The van der Waals surface area contributed by atoms with Crippen molar-refractivity contribution in [1.82, 2.24) is 15.1 Å². The molecule has 0 aliphatic heterocycles. The van der Waals surface area contributed by atoms with Crippen LogP contribution in [0.4, 0.5) is 5.69 Å². The average Bonchev–Trinajstić information content (AvgIpc) is 3.02. The van der Waals surface area contributed by atoms with Gasteiger partial charge in [-0.15, -0.1) is 0 Å². The van der Waals surface area contributed by atoms with Crippen LogP contribution in [0.15, 0.2) is 47.5 Å². The molecule has 0 saturated heterocycles. The Labute approximate surface area is 206 Å². The number of carbonyl (C=O) groups excluding carboxylic acids is 1. The second-order valence-corrected chi connectivity index (χ2v) is 9.63. The van der Waals surface area contributed by atoms with Gasteiger partial charge < -0.3 is 10.1 Å². The van der Waals surface area contributed by atoms with Crippen molar-refractivity contribution in [1.29, 1.82) is 0 Å². The number of methoxy groups -OCH3 is 1. The molecule has 0 bridgehead atoms. The van der Waals surface area contributed by atoms with E-state index >= 15 is 0 Å². The molecule has 2 aromatic carbocycles. The fourth-order valence-corrected chi connectivity index (χ4v) is 3.69. The van der Waals surface area contributed by atoms with Gasteiger partial charge in [0.15, 0.2) is 0 Å². The Balaban J connectivity index is 1.91. The maximum Gasteiger partial charge on any atom is 0.257 e. The molecule has 34 heavy (non-hydrogen) atoms. The quantitative estimate of drug-likeness (QED) is 0.378. The van der Waals surface area contributed by atoms with Crippen LogP contribution in [0, 0.1) is 13.8 Å². The van der Waals surface area contributed by atoms with Gasteiger partial charge in [-0.05, 0) is 55.2 Å². The number of nitrogens with zero attached hydrogens (tertiary/aromatic N) is 3. The van der Waals surface area contributed by atoms with E-state index in [1.54, 1.807) is 25.3 Å². The molecule has 7 nitrogen and oxygen atoms in total. The van der Waals surface area contributed by atoms with Crippen molar-refractivity contribution in [2.24, 2.45) is 12.0 Å². The maximum atomic E-state index is 13.1. The first-order chi connectivity index (χ1) is 16.0. The van der Waals surface area contributed by atoms with Crippen LogP contribution in [-0.4, -0.2) is 28.8 Å². The van der Waals surface area contributed by atoms with Crippen molar-refractivity contribution in [2.75, 3.05) is 12.4 Å². The highest BCUT2D eigenvalue weighted by molar-refractivity contribution is 6.31. The Bertz CT molecular complexity index is 1210. The van der Waals surface area contributed by atoms with Gasteiger partial charge in [0.2, 0.25) is 5.96 Å². The van der Waals surface area contributed by atoms with Crippen LogP contribution in [0.5, 0.6) is 5.75 Å². The molecule has 0 spiro atoms. The van der Waals surface area contributed by atoms with Gasteiger partial charge in [-0.25, -0.2) is 4.99 Å². The highest BCUT2D eigenvalue weighted by Gasteiger charge is 2.16. The van der Waals surface area contributed by atoms with E-state index in [0.29, 0.717) is 28.6 Å². The Morgan fingerprint density at radius 3 is 2.38 bits per heavy atom. The molecular weight excluding hydrogens is 450 g/mol. The van der Waals surface area contributed by atoms with E-state index in [4.69, 9.17) is 16.3 Å². The van der Waals surface area contributed by atoms with Crippen molar-refractivity contribution in [3.63, 3.8) is 0 Å². The van der Waals surface area contributed by atoms with Gasteiger partial charge in [-0.2, -0.15) is 5.10 Å².